The molecule has 24 heavy (non-hydrogen) atoms. The number of piperidine rings is 1. The van der Waals surface area contributed by atoms with E-state index in [1.807, 2.05) is 13.8 Å². The van der Waals surface area contributed by atoms with Crippen LogP contribution in [0.4, 0.5) is 13.2 Å². The van der Waals surface area contributed by atoms with E-state index in [0.29, 0.717) is 12.6 Å². The van der Waals surface area contributed by atoms with Gasteiger partial charge in [-0.1, -0.05) is 19.0 Å². The Labute approximate surface area is 135 Å². The first kappa shape index (κ1) is 16.8. The maximum Gasteiger partial charge on any atom is 0.436 e. The number of methoxy groups -OCH3 is 1. The first-order chi connectivity index (χ1) is 11.1. The van der Waals surface area contributed by atoms with Gasteiger partial charge >= 0.3 is 12.1 Å². The van der Waals surface area contributed by atoms with Crippen LogP contribution >= 0.6 is 0 Å². The van der Waals surface area contributed by atoms with Gasteiger partial charge in [0.1, 0.15) is 11.8 Å². The molecule has 2 heterocycles. The number of ether oxygens (including phenoxy) is 1. The van der Waals surface area contributed by atoms with E-state index in [0.717, 1.165) is 0 Å². The number of carbonyl (C=O) groups is 2. The summed E-state index contributed by atoms with van der Waals surface area (Å²) in [7, 11) is 1.25. The smallest absolute Gasteiger partial charge is 0.436 e. The molecule has 9 heteroatoms. The minimum Gasteiger partial charge on any atom is -0.467 e. The van der Waals surface area contributed by atoms with Crippen molar-refractivity contribution < 1.29 is 32.0 Å². The van der Waals surface area contributed by atoms with Crippen molar-refractivity contribution in [3.8, 4) is 0 Å². The van der Waals surface area contributed by atoms with Crippen molar-refractivity contribution in [3.05, 3.63) is 17.5 Å². The Morgan fingerprint density at radius 1 is 1.46 bits per heavy atom. The van der Waals surface area contributed by atoms with Crippen LogP contribution in [0.5, 0.6) is 0 Å². The van der Waals surface area contributed by atoms with Crippen LogP contribution in [0.25, 0.3) is 0 Å². The number of aromatic nitrogens is 1. The van der Waals surface area contributed by atoms with Crippen LogP contribution in [0.15, 0.2) is 10.6 Å². The number of hydrogen-bond acceptors (Lipinski definition) is 5. The van der Waals surface area contributed by atoms with E-state index in [-0.39, 0.29) is 29.4 Å². The van der Waals surface area contributed by atoms with Crippen LogP contribution in [0.1, 0.15) is 25.3 Å². The fourth-order valence-electron chi connectivity index (χ4n) is 3.71. The Bertz CT molecular complexity index is 683. The third kappa shape index (κ3) is 2.55. The lowest BCUT2D eigenvalue weighted by Crippen LogP contribution is -2.46. The molecule has 0 radical (unpaired) electrons. The van der Waals surface area contributed by atoms with Crippen LogP contribution in [0.3, 0.4) is 0 Å². The Hall–Kier alpha value is -2.06. The average Bonchev–Trinajstić information content (AvgIpc) is 2.94. The number of alkyl halides is 3. The maximum atomic E-state index is 12.5. The van der Waals surface area contributed by atoms with Crippen LogP contribution in [0, 0.1) is 17.3 Å². The predicted molar refractivity (Wildman–Crippen MR) is 73.5 cm³/mol. The summed E-state index contributed by atoms with van der Waals surface area (Å²) in [5.41, 5.74) is -1.23. The van der Waals surface area contributed by atoms with Crippen molar-refractivity contribution in [3.63, 3.8) is 0 Å². The molecule has 1 aliphatic carbocycles. The van der Waals surface area contributed by atoms with Crippen molar-refractivity contribution in [2.24, 2.45) is 17.3 Å². The molecular weight excluding hydrogens is 329 g/mol. The van der Waals surface area contributed by atoms with Gasteiger partial charge < -0.3 is 14.2 Å². The van der Waals surface area contributed by atoms with Crippen molar-refractivity contribution >= 4 is 11.9 Å². The highest BCUT2D eigenvalue weighted by atomic mass is 19.4. The van der Waals surface area contributed by atoms with E-state index in [4.69, 9.17) is 4.74 Å². The summed E-state index contributed by atoms with van der Waals surface area (Å²) in [5, 5.41) is 2.92. The molecule has 0 bridgehead atoms. The predicted octanol–water partition coefficient (Wildman–Crippen LogP) is 1.89. The van der Waals surface area contributed by atoms with Gasteiger partial charge in [-0.25, -0.2) is 4.79 Å². The summed E-state index contributed by atoms with van der Waals surface area (Å²) in [4.78, 5) is 25.8. The number of hydrogen-bond donors (Lipinski definition) is 0. The van der Waals surface area contributed by atoms with Gasteiger partial charge in [-0.3, -0.25) is 4.79 Å². The van der Waals surface area contributed by atoms with E-state index < -0.39 is 29.8 Å². The van der Waals surface area contributed by atoms with Gasteiger partial charge in [-0.2, -0.15) is 13.2 Å². The topological polar surface area (TPSA) is 72.6 Å². The lowest BCUT2D eigenvalue weighted by Gasteiger charge is -2.28. The van der Waals surface area contributed by atoms with E-state index in [1.165, 1.54) is 12.0 Å². The normalized spacial score (nSPS) is 27.8. The van der Waals surface area contributed by atoms with E-state index in [2.05, 4.69) is 9.68 Å². The zero-order valence-electron chi connectivity index (χ0n) is 13.4. The lowest BCUT2D eigenvalue weighted by molar-refractivity contribution is -0.152. The molecule has 3 rings (SSSR count). The molecule has 132 valence electrons. The third-order valence-corrected chi connectivity index (χ3v) is 5.15. The van der Waals surface area contributed by atoms with Crippen molar-refractivity contribution in [2.45, 2.75) is 32.5 Å². The zero-order valence-corrected chi connectivity index (χ0v) is 13.4. The molecule has 1 saturated heterocycles. The summed E-state index contributed by atoms with van der Waals surface area (Å²) in [6, 6.07) is -0.00119. The second-order valence-electron chi connectivity index (χ2n) is 6.82. The third-order valence-electron chi connectivity index (χ3n) is 5.15. The summed E-state index contributed by atoms with van der Waals surface area (Å²) >= 11 is 0. The largest absolute Gasteiger partial charge is 0.467 e. The van der Waals surface area contributed by atoms with Crippen molar-refractivity contribution in [1.82, 2.24) is 10.1 Å². The first-order valence-electron chi connectivity index (χ1n) is 7.47. The standard InChI is InChI=1S/C15H17F3N2O4/c1-14(2)8-6-20(12(11(8)14)13(22)23-3)10(21)5-7-4-9(19-24-7)15(16,17)18/h4,8,11-12H,5-6H2,1-3H3/t8-,11-,12-/m0/s1. The van der Waals surface area contributed by atoms with Crippen LogP contribution in [-0.4, -0.2) is 41.6 Å². The molecule has 6 nitrogen and oxygen atoms in total. The fourth-order valence-corrected chi connectivity index (χ4v) is 3.71. The summed E-state index contributed by atoms with van der Waals surface area (Å²) in [5.74, 6) is -0.968. The Morgan fingerprint density at radius 3 is 2.67 bits per heavy atom. The highest BCUT2D eigenvalue weighted by Gasteiger charge is 2.69. The molecule has 2 fully saturated rings. The minimum atomic E-state index is -4.63. The number of esters is 1. The zero-order chi connectivity index (χ0) is 17.9. The van der Waals surface area contributed by atoms with Crippen LogP contribution in [0.2, 0.25) is 0 Å². The summed E-state index contributed by atoms with van der Waals surface area (Å²) in [6.07, 6.45) is -5.00. The molecule has 1 aromatic heterocycles. The summed E-state index contributed by atoms with van der Waals surface area (Å²) < 4.78 is 46.9. The Morgan fingerprint density at radius 2 is 2.12 bits per heavy atom. The number of nitrogens with zero attached hydrogens (tertiary/aromatic N) is 2. The summed E-state index contributed by atoms with van der Waals surface area (Å²) in [6.45, 7) is 4.43. The second kappa shape index (κ2) is 5.22. The van der Waals surface area contributed by atoms with Gasteiger partial charge in [0.15, 0.2) is 5.69 Å². The van der Waals surface area contributed by atoms with Gasteiger partial charge in [0.05, 0.1) is 13.5 Å². The van der Waals surface area contributed by atoms with Gasteiger partial charge in [-0.05, 0) is 11.3 Å². The molecule has 2 aliphatic rings. The average molecular weight is 346 g/mol. The number of rotatable bonds is 3. The molecule has 1 saturated carbocycles. The molecule has 0 aromatic carbocycles. The maximum absolute atomic E-state index is 12.5. The number of fused-ring (bicyclic) bond motifs is 1. The second-order valence-corrected chi connectivity index (χ2v) is 6.82. The lowest BCUT2D eigenvalue weighted by atomic mass is 10.0. The number of likely N-dealkylation sites (tertiary alicyclic amines) is 1. The highest BCUT2D eigenvalue weighted by molar-refractivity contribution is 5.87. The highest BCUT2D eigenvalue weighted by Crippen LogP contribution is 2.65. The van der Waals surface area contributed by atoms with E-state index in [9.17, 15) is 22.8 Å². The molecule has 3 atom stereocenters. The number of halogens is 3. The van der Waals surface area contributed by atoms with Gasteiger partial charge in [0.25, 0.3) is 0 Å². The molecule has 1 aliphatic heterocycles. The first-order valence-corrected chi connectivity index (χ1v) is 7.47. The molecule has 1 aromatic rings. The molecule has 0 N–H and O–H groups in total. The SMILES string of the molecule is COC(=O)[C@@H]1[C@@H]2[C@H](CN1C(=O)Cc1cc(C(F)(F)F)no1)C2(C)C. The molecule has 1 amide bonds. The van der Waals surface area contributed by atoms with Crippen molar-refractivity contribution in [1.29, 1.82) is 0 Å². The Kier molecular flexibility index (Phi) is 3.65. The number of amides is 1. The van der Waals surface area contributed by atoms with Crippen LogP contribution < -0.4 is 0 Å². The minimum absolute atomic E-state index is 0.00867. The molecule has 0 unspecified atom stereocenters. The fraction of sp³-hybridized carbons (Fsp3) is 0.667. The van der Waals surface area contributed by atoms with E-state index >= 15 is 0 Å². The Balaban J connectivity index is 1.73. The van der Waals surface area contributed by atoms with E-state index in [1.54, 1.807) is 0 Å². The number of carbonyl (C=O) groups excluding carboxylic acids is 2. The van der Waals surface area contributed by atoms with Crippen molar-refractivity contribution in [2.75, 3.05) is 13.7 Å². The molecule has 0 spiro atoms. The van der Waals surface area contributed by atoms with Gasteiger partial charge in [0.2, 0.25) is 5.91 Å². The van der Waals surface area contributed by atoms with Gasteiger partial charge in [-0.15, -0.1) is 0 Å². The monoisotopic (exact) mass is 346 g/mol. The quantitative estimate of drug-likeness (QED) is 0.782. The van der Waals surface area contributed by atoms with Crippen LogP contribution in [-0.2, 0) is 26.9 Å². The molecular formula is C15H17F3N2O4. The van der Waals surface area contributed by atoms with Gasteiger partial charge in [0, 0.05) is 18.5 Å².